The summed E-state index contributed by atoms with van der Waals surface area (Å²) in [5.41, 5.74) is 2.12. The molecule has 0 saturated carbocycles. The smallest absolute Gasteiger partial charge is 0.214 e. The van der Waals surface area contributed by atoms with Gasteiger partial charge < -0.3 is 19.2 Å². The van der Waals surface area contributed by atoms with Crippen LogP contribution in [0.2, 0.25) is 0 Å². The zero-order valence-corrected chi connectivity index (χ0v) is 15.2. The standard InChI is InChI=1S/C15H22BrN5O/c1-10-11(2)22-14(19-10)7-18-15(17-3)21(5)9-13-6-12(16)8-20(13)4/h6,8H,7,9H2,1-5H3,(H,17,18). The molecule has 0 spiro atoms. The number of halogens is 1. The fourth-order valence-corrected chi connectivity index (χ4v) is 2.77. The quantitative estimate of drug-likeness (QED) is 0.666. The molecule has 0 fully saturated rings. The van der Waals surface area contributed by atoms with Crippen LogP contribution in [0.25, 0.3) is 0 Å². The number of hydrogen-bond acceptors (Lipinski definition) is 3. The molecule has 0 aliphatic carbocycles. The molecule has 0 amide bonds. The minimum atomic E-state index is 0.516. The van der Waals surface area contributed by atoms with Gasteiger partial charge in [-0.15, -0.1) is 0 Å². The lowest BCUT2D eigenvalue weighted by Gasteiger charge is -2.21. The molecule has 0 bridgehead atoms. The molecular formula is C15H22BrN5O. The van der Waals surface area contributed by atoms with Crippen molar-refractivity contribution in [3.8, 4) is 0 Å². The molecule has 0 radical (unpaired) electrons. The predicted molar refractivity (Wildman–Crippen MR) is 90.8 cm³/mol. The fraction of sp³-hybridized carbons (Fsp3) is 0.467. The van der Waals surface area contributed by atoms with Gasteiger partial charge in [-0.05, 0) is 35.8 Å². The molecule has 0 aliphatic rings. The third-order valence-corrected chi connectivity index (χ3v) is 3.95. The minimum absolute atomic E-state index is 0.516. The molecule has 2 aromatic rings. The van der Waals surface area contributed by atoms with Crippen molar-refractivity contribution < 1.29 is 4.42 Å². The van der Waals surface area contributed by atoms with E-state index < -0.39 is 0 Å². The van der Waals surface area contributed by atoms with Crippen LogP contribution in [-0.2, 0) is 20.1 Å². The Morgan fingerprint density at radius 1 is 1.50 bits per heavy atom. The van der Waals surface area contributed by atoms with Crippen LogP contribution in [0.15, 0.2) is 26.1 Å². The molecule has 0 aromatic carbocycles. The van der Waals surface area contributed by atoms with Crippen molar-refractivity contribution in [1.29, 1.82) is 0 Å². The summed E-state index contributed by atoms with van der Waals surface area (Å²) in [6.07, 6.45) is 2.04. The van der Waals surface area contributed by atoms with Gasteiger partial charge in [-0.25, -0.2) is 4.98 Å². The monoisotopic (exact) mass is 367 g/mol. The van der Waals surface area contributed by atoms with E-state index in [1.165, 1.54) is 5.69 Å². The summed E-state index contributed by atoms with van der Waals surface area (Å²) >= 11 is 3.49. The Labute approximate surface area is 139 Å². The first kappa shape index (κ1) is 16.6. The van der Waals surface area contributed by atoms with Crippen LogP contribution in [0.4, 0.5) is 0 Å². The molecule has 2 aromatic heterocycles. The topological polar surface area (TPSA) is 58.6 Å². The van der Waals surface area contributed by atoms with Gasteiger partial charge in [0.1, 0.15) is 5.76 Å². The van der Waals surface area contributed by atoms with Crippen molar-refractivity contribution in [2.24, 2.45) is 12.0 Å². The van der Waals surface area contributed by atoms with Crippen molar-refractivity contribution in [2.75, 3.05) is 14.1 Å². The van der Waals surface area contributed by atoms with Gasteiger partial charge in [0.2, 0.25) is 5.89 Å². The second-order valence-electron chi connectivity index (χ2n) is 5.27. The van der Waals surface area contributed by atoms with E-state index in [1.54, 1.807) is 7.05 Å². The lowest BCUT2D eigenvalue weighted by atomic mass is 10.4. The zero-order chi connectivity index (χ0) is 16.3. The first-order chi connectivity index (χ1) is 10.4. The molecule has 0 saturated heterocycles. The van der Waals surface area contributed by atoms with E-state index in [1.807, 2.05) is 34.1 Å². The van der Waals surface area contributed by atoms with Crippen LogP contribution in [0.5, 0.6) is 0 Å². The van der Waals surface area contributed by atoms with Crippen molar-refractivity contribution >= 4 is 21.9 Å². The average molecular weight is 368 g/mol. The number of rotatable bonds is 4. The average Bonchev–Trinajstić information content (AvgIpc) is 2.93. The van der Waals surface area contributed by atoms with Gasteiger partial charge in [-0.1, -0.05) is 0 Å². The Balaban J connectivity index is 1.97. The van der Waals surface area contributed by atoms with Crippen LogP contribution >= 0.6 is 15.9 Å². The highest BCUT2D eigenvalue weighted by Gasteiger charge is 2.11. The number of aromatic nitrogens is 2. The molecule has 6 nitrogen and oxygen atoms in total. The number of guanidine groups is 1. The van der Waals surface area contributed by atoms with Gasteiger partial charge >= 0.3 is 0 Å². The molecule has 0 aliphatic heterocycles. The number of hydrogen-bond donors (Lipinski definition) is 1. The maximum atomic E-state index is 5.57. The van der Waals surface area contributed by atoms with E-state index >= 15 is 0 Å². The van der Waals surface area contributed by atoms with Crippen molar-refractivity contribution in [3.63, 3.8) is 0 Å². The summed E-state index contributed by atoms with van der Waals surface area (Å²) in [5, 5.41) is 3.27. The lowest BCUT2D eigenvalue weighted by Crippen LogP contribution is -2.38. The van der Waals surface area contributed by atoms with Crippen LogP contribution in [0, 0.1) is 13.8 Å². The van der Waals surface area contributed by atoms with E-state index in [4.69, 9.17) is 4.42 Å². The van der Waals surface area contributed by atoms with Gasteiger partial charge in [-0.3, -0.25) is 4.99 Å². The molecule has 120 valence electrons. The molecule has 2 heterocycles. The van der Waals surface area contributed by atoms with Crippen molar-refractivity contribution in [3.05, 3.63) is 39.8 Å². The van der Waals surface area contributed by atoms with Gasteiger partial charge in [0, 0.05) is 37.5 Å². The molecule has 22 heavy (non-hydrogen) atoms. The van der Waals surface area contributed by atoms with E-state index in [0.717, 1.165) is 28.4 Å². The molecule has 0 unspecified atom stereocenters. The first-order valence-electron chi connectivity index (χ1n) is 7.06. The molecule has 1 N–H and O–H groups in total. The maximum absolute atomic E-state index is 5.57. The predicted octanol–water partition coefficient (Wildman–Crippen LogP) is 2.60. The van der Waals surface area contributed by atoms with E-state index in [9.17, 15) is 0 Å². The summed E-state index contributed by atoms with van der Waals surface area (Å²) in [4.78, 5) is 10.7. The minimum Gasteiger partial charge on any atom is -0.444 e. The summed E-state index contributed by atoms with van der Waals surface area (Å²) < 4.78 is 8.74. The number of nitrogens with zero attached hydrogens (tertiary/aromatic N) is 4. The van der Waals surface area contributed by atoms with E-state index in [0.29, 0.717) is 12.4 Å². The molecular weight excluding hydrogens is 346 g/mol. The Bertz CT molecular complexity index is 654. The first-order valence-corrected chi connectivity index (χ1v) is 7.85. The fourth-order valence-electron chi connectivity index (χ4n) is 2.20. The Hall–Kier alpha value is -1.76. The number of aliphatic imine (C=N–C) groups is 1. The zero-order valence-electron chi connectivity index (χ0n) is 13.6. The summed E-state index contributed by atoms with van der Waals surface area (Å²) in [6.45, 7) is 5.13. The summed E-state index contributed by atoms with van der Waals surface area (Å²) in [7, 11) is 5.80. The Kier molecular flexibility index (Phi) is 5.28. The number of aryl methyl sites for hydroxylation is 3. The highest BCUT2D eigenvalue weighted by Crippen LogP contribution is 2.15. The highest BCUT2D eigenvalue weighted by molar-refractivity contribution is 9.10. The van der Waals surface area contributed by atoms with Crippen LogP contribution < -0.4 is 5.32 Å². The largest absolute Gasteiger partial charge is 0.444 e. The summed E-state index contributed by atoms with van der Waals surface area (Å²) in [6, 6.07) is 2.10. The van der Waals surface area contributed by atoms with Crippen molar-refractivity contribution in [2.45, 2.75) is 26.9 Å². The van der Waals surface area contributed by atoms with Gasteiger partial charge in [-0.2, -0.15) is 0 Å². The lowest BCUT2D eigenvalue weighted by molar-refractivity contribution is 0.437. The second kappa shape index (κ2) is 7.00. The number of nitrogens with one attached hydrogen (secondary N) is 1. The maximum Gasteiger partial charge on any atom is 0.214 e. The molecule has 2 rings (SSSR count). The molecule has 7 heteroatoms. The number of oxazole rings is 1. The highest BCUT2D eigenvalue weighted by atomic mass is 79.9. The van der Waals surface area contributed by atoms with E-state index in [2.05, 4.69) is 46.8 Å². The normalized spacial score (nSPS) is 11.8. The van der Waals surface area contributed by atoms with Crippen LogP contribution in [0.3, 0.4) is 0 Å². The third-order valence-electron chi connectivity index (χ3n) is 3.52. The van der Waals surface area contributed by atoms with Crippen LogP contribution in [0.1, 0.15) is 23.0 Å². The van der Waals surface area contributed by atoms with E-state index in [-0.39, 0.29) is 0 Å². The van der Waals surface area contributed by atoms with Crippen molar-refractivity contribution in [1.82, 2.24) is 19.8 Å². The third kappa shape index (κ3) is 3.91. The second-order valence-corrected chi connectivity index (χ2v) is 6.18. The van der Waals surface area contributed by atoms with Gasteiger partial charge in [0.05, 0.1) is 18.8 Å². The Morgan fingerprint density at radius 3 is 2.73 bits per heavy atom. The van der Waals surface area contributed by atoms with Gasteiger partial charge in [0.15, 0.2) is 5.96 Å². The van der Waals surface area contributed by atoms with Gasteiger partial charge in [0.25, 0.3) is 0 Å². The summed E-state index contributed by atoms with van der Waals surface area (Å²) in [5.74, 6) is 2.32. The van der Waals surface area contributed by atoms with Crippen LogP contribution in [-0.4, -0.2) is 34.5 Å². The SMILES string of the molecule is CN=C(NCc1nc(C)c(C)o1)N(C)Cc1cc(Br)cn1C. The molecule has 0 atom stereocenters. The Morgan fingerprint density at radius 2 is 2.23 bits per heavy atom.